The maximum absolute atomic E-state index is 5.46. The van der Waals surface area contributed by atoms with Crippen LogP contribution >= 0.6 is 23.4 Å². The third-order valence-electron chi connectivity index (χ3n) is 0.864. The zero-order chi connectivity index (χ0) is 7.11. The van der Waals surface area contributed by atoms with Gasteiger partial charge >= 0.3 is 0 Å². The summed E-state index contributed by atoms with van der Waals surface area (Å²) >= 11 is 7.39. The maximum Gasteiger partial charge on any atom is 0.0152 e. The van der Waals surface area contributed by atoms with Gasteiger partial charge in [0, 0.05) is 11.3 Å². The lowest BCUT2D eigenvalue weighted by molar-refractivity contribution is 1.11. The molecular weight excluding hydrogens is 152 g/mol. The van der Waals surface area contributed by atoms with Crippen LogP contribution in [0.15, 0.2) is 11.1 Å². The molecule has 0 aromatic rings. The van der Waals surface area contributed by atoms with Crippen LogP contribution in [0.5, 0.6) is 0 Å². The Labute approximate surface area is 66.7 Å². The second-order valence-corrected chi connectivity index (χ2v) is 3.33. The van der Waals surface area contributed by atoms with Gasteiger partial charge in [0.05, 0.1) is 0 Å². The first-order chi connectivity index (χ1) is 4.31. The van der Waals surface area contributed by atoms with Crippen LogP contribution in [0, 0.1) is 0 Å². The molecule has 2 heteroatoms. The normalized spacial score (nSPS) is 12.1. The molecule has 0 aromatic carbocycles. The highest BCUT2D eigenvalue weighted by Crippen LogP contribution is 2.08. The molecule has 0 saturated heterocycles. The number of rotatable bonds is 4. The summed E-state index contributed by atoms with van der Waals surface area (Å²) < 4.78 is 0. The Morgan fingerprint density at radius 3 is 2.78 bits per heavy atom. The Kier molecular flexibility index (Phi) is 6.77. The standard InChI is InChI=1S/C7H13ClS/c1-3-4-9-6-7(2)5-8/h5H,3-4,6H2,1-2H3/b7-5+. The van der Waals surface area contributed by atoms with E-state index in [-0.39, 0.29) is 0 Å². The molecule has 0 N–H and O–H groups in total. The van der Waals surface area contributed by atoms with Crippen LogP contribution in [0.1, 0.15) is 20.3 Å². The van der Waals surface area contributed by atoms with Gasteiger partial charge in [-0.3, -0.25) is 0 Å². The number of hydrogen-bond acceptors (Lipinski definition) is 1. The van der Waals surface area contributed by atoms with Crippen LogP contribution in [0.2, 0.25) is 0 Å². The summed E-state index contributed by atoms with van der Waals surface area (Å²) in [6.07, 6.45) is 1.25. The lowest BCUT2D eigenvalue weighted by atomic mass is 10.4. The third kappa shape index (κ3) is 6.26. The maximum atomic E-state index is 5.46. The highest BCUT2D eigenvalue weighted by molar-refractivity contribution is 7.99. The summed E-state index contributed by atoms with van der Waals surface area (Å²) in [5, 5.41) is 0. The minimum Gasteiger partial charge on any atom is -0.158 e. The molecule has 0 spiro atoms. The smallest absolute Gasteiger partial charge is 0.0152 e. The Hall–Kier alpha value is 0.380. The summed E-state index contributed by atoms with van der Waals surface area (Å²) in [7, 11) is 0. The van der Waals surface area contributed by atoms with E-state index in [0.717, 1.165) is 5.75 Å². The van der Waals surface area contributed by atoms with Gasteiger partial charge in [0.25, 0.3) is 0 Å². The van der Waals surface area contributed by atoms with Gasteiger partial charge in [0.15, 0.2) is 0 Å². The monoisotopic (exact) mass is 164 g/mol. The fourth-order valence-corrected chi connectivity index (χ4v) is 1.42. The van der Waals surface area contributed by atoms with E-state index in [1.807, 2.05) is 11.8 Å². The Morgan fingerprint density at radius 1 is 1.67 bits per heavy atom. The van der Waals surface area contributed by atoms with Crippen LogP contribution in [-0.2, 0) is 0 Å². The fourth-order valence-electron chi connectivity index (χ4n) is 0.409. The highest BCUT2D eigenvalue weighted by Gasteiger charge is 1.87. The second kappa shape index (κ2) is 6.50. The molecular formula is C7H13ClS. The minimum atomic E-state index is 1.08. The quantitative estimate of drug-likeness (QED) is 0.575. The van der Waals surface area contributed by atoms with Gasteiger partial charge in [0.1, 0.15) is 0 Å². The van der Waals surface area contributed by atoms with E-state index in [2.05, 4.69) is 13.8 Å². The van der Waals surface area contributed by atoms with Crippen molar-refractivity contribution in [1.82, 2.24) is 0 Å². The van der Waals surface area contributed by atoms with E-state index < -0.39 is 0 Å². The molecule has 9 heavy (non-hydrogen) atoms. The predicted octanol–water partition coefficient (Wildman–Crippen LogP) is 3.27. The average molecular weight is 165 g/mol. The van der Waals surface area contributed by atoms with Crippen LogP contribution in [0.3, 0.4) is 0 Å². The van der Waals surface area contributed by atoms with Crippen LogP contribution in [-0.4, -0.2) is 11.5 Å². The molecule has 0 unspecified atom stereocenters. The van der Waals surface area contributed by atoms with Gasteiger partial charge in [-0.25, -0.2) is 0 Å². The van der Waals surface area contributed by atoms with Gasteiger partial charge < -0.3 is 0 Å². The lowest BCUT2D eigenvalue weighted by Gasteiger charge is -1.96. The molecule has 0 rings (SSSR count). The summed E-state index contributed by atoms with van der Waals surface area (Å²) in [4.78, 5) is 0. The molecule has 54 valence electrons. The molecule has 0 atom stereocenters. The average Bonchev–Trinajstić information content (AvgIpc) is 1.89. The molecule has 0 aromatic heterocycles. The Balaban J connectivity index is 3.07. The molecule has 0 aliphatic carbocycles. The van der Waals surface area contributed by atoms with Crippen LogP contribution in [0.25, 0.3) is 0 Å². The summed E-state index contributed by atoms with van der Waals surface area (Å²) in [6.45, 7) is 4.24. The zero-order valence-corrected chi connectivity index (χ0v) is 7.56. The molecule has 0 fully saturated rings. The molecule has 0 radical (unpaired) electrons. The largest absolute Gasteiger partial charge is 0.158 e. The Bertz CT molecular complexity index is 88.9. The second-order valence-electron chi connectivity index (χ2n) is 2.01. The van der Waals surface area contributed by atoms with Gasteiger partial charge in [-0.1, -0.05) is 24.1 Å². The van der Waals surface area contributed by atoms with Crippen LogP contribution in [0.4, 0.5) is 0 Å². The number of hydrogen-bond donors (Lipinski definition) is 0. The molecule has 0 aliphatic heterocycles. The first-order valence-corrected chi connectivity index (χ1v) is 4.74. The highest BCUT2D eigenvalue weighted by atomic mass is 35.5. The van der Waals surface area contributed by atoms with Crippen molar-refractivity contribution >= 4 is 23.4 Å². The first kappa shape index (κ1) is 9.38. The predicted molar refractivity (Wildman–Crippen MR) is 47.2 cm³/mol. The summed E-state index contributed by atoms with van der Waals surface area (Å²) in [6, 6.07) is 0. The Morgan fingerprint density at radius 2 is 2.33 bits per heavy atom. The van der Waals surface area contributed by atoms with E-state index >= 15 is 0 Å². The van der Waals surface area contributed by atoms with Crippen molar-refractivity contribution in [2.75, 3.05) is 11.5 Å². The molecule has 0 nitrogen and oxygen atoms in total. The lowest BCUT2D eigenvalue weighted by Crippen LogP contribution is -1.81. The van der Waals surface area contributed by atoms with Gasteiger partial charge in [0.2, 0.25) is 0 Å². The van der Waals surface area contributed by atoms with E-state index in [9.17, 15) is 0 Å². The van der Waals surface area contributed by atoms with Crippen molar-refractivity contribution in [3.8, 4) is 0 Å². The first-order valence-electron chi connectivity index (χ1n) is 3.14. The summed E-state index contributed by atoms with van der Waals surface area (Å²) in [5.74, 6) is 2.32. The SMILES string of the molecule is CCCSC/C(C)=C/Cl. The topological polar surface area (TPSA) is 0 Å². The fraction of sp³-hybridized carbons (Fsp3) is 0.714. The molecule has 0 aliphatic rings. The third-order valence-corrected chi connectivity index (χ3v) is 2.59. The van der Waals surface area contributed by atoms with Gasteiger partial charge in [-0.05, 0) is 19.1 Å². The van der Waals surface area contributed by atoms with E-state index in [4.69, 9.17) is 11.6 Å². The summed E-state index contributed by atoms with van der Waals surface area (Å²) in [5.41, 5.74) is 2.91. The van der Waals surface area contributed by atoms with Crippen LogP contribution < -0.4 is 0 Å². The van der Waals surface area contributed by atoms with E-state index in [0.29, 0.717) is 0 Å². The van der Waals surface area contributed by atoms with Crippen molar-refractivity contribution < 1.29 is 0 Å². The van der Waals surface area contributed by atoms with E-state index in [1.165, 1.54) is 17.7 Å². The number of halogens is 1. The minimum absolute atomic E-state index is 1.08. The van der Waals surface area contributed by atoms with E-state index in [1.54, 1.807) is 5.54 Å². The van der Waals surface area contributed by atoms with Crippen molar-refractivity contribution in [3.05, 3.63) is 11.1 Å². The number of thioether (sulfide) groups is 1. The van der Waals surface area contributed by atoms with Crippen molar-refractivity contribution in [2.45, 2.75) is 20.3 Å². The molecule has 0 heterocycles. The van der Waals surface area contributed by atoms with Crippen molar-refractivity contribution in [2.24, 2.45) is 0 Å². The molecule has 0 saturated carbocycles. The van der Waals surface area contributed by atoms with Gasteiger partial charge in [-0.2, -0.15) is 11.8 Å². The van der Waals surface area contributed by atoms with Crippen molar-refractivity contribution in [1.29, 1.82) is 0 Å². The molecule has 0 bridgehead atoms. The molecule has 0 amide bonds. The zero-order valence-electron chi connectivity index (χ0n) is 5.98. The van der Waals surface area contributed by atoms with Gasteiger partial charge in [-0.15, -0.1) is 0 Å². The van der Waals surface area contributed by atoms with Crippen molar-refractivity contribution in [3.63, 3.8) is 0 Å².